The highest BCUT2D eigenvalue weighted by Crippen LogP contribution is 2.32. The van der Waals surface area contributed by atoms with Crippen molar-refractivity contribution >= 4 is 23.3 Å². The molecular weight excluding hydrogens is 230 g/mol. The number of thioether (sulfide) groups is 1. The van der Waals surface area contributed by atoms with Crippen molar-refractivity contribution in [1.29, 1.82) is 0 Å². The summed E-state index contributed by atoms with van der Waals surface area (Å²) in [5.74, 6) is 2.06. The second kappa shape index (κ2) is 5.63. The van der Waals surface area contributed by atoms with Crippen LogP contribution in [-0.2, 0) is 0 Å². The number of hydrogen-bond acceptors (Lipinski definition) is 4. The van der Waals surface area contributed by atoms with Gasteiger partial charge < -0.3 is 11.1 Å². The zero-order chi connectivity index (χ0) is 12.3. The Morgan fingerprint density at radius 2 is 2.35 bits per heavy atom. The molecule has 17 heavy (non-hydrogen) atoms. The number of anilines is 2. The summed E-state index contributed by atoms with van der Waals surface area (Å²) < 4.78 is 0. The van der Waals surface area contributed by atoms with Gasteiger partial charge in [0, 0.05) is 17.5 Å². The topological polar surface area (TPSA) is 50.9 Å². The Bertz CT molecular complexity index is 381. The molecule has 2 unspecified atom stereocenters. The summed E-state index contributed by atoms with van der Waals surface area (Å²) >= 11 is 2.07. The van der Waals surface area contributed by atoms with Crippen LogP contribution in [0.15, 0.2) is 12.3 Å². The fraction of sp³-hybridized carbons (Fsp3) is 0.615. The highest BCUT2D eigenvalue weighted by molar-refractivity contribution is 7.99. The van der Waals surface area contributed by atoms with E-state index in [1.807, 2.05) is 19.2 Å². The van der Waals surface area contributed by atoms with Gasteiger partial charge in [0.2, 0.25) is 0 Å². The fourth-order valence-corrected chi connectivity index (χ4v) is 3.51. The first-order valence-corrected chi connectivity index (χ1v) is 7.34. The molecule has 0 spiro atoms. The van der Waals surface area contributed by atoms with Crippen LogP contribution < -0.4 is 11.1 Å². The maximum Gasteiger partial charge on any atom is 0.149 e. The summed E-state index contributed by atoms with van der Waals surface area (Å²) in [6, 6.07) is 2.51. The van der Waals surface area contributed by atoms with E-state index in [-0.39, 0.29) is 0 Å². The molecule has 1 fully saturated rings. The molecule has 1 heterocycles. The molecule has 1 aromatic heterocycles. The van der Waals surface area contributed by atoms with E-state index in [0.717, 1.165) is 22.3 Å². The Labute approximate surface area is 108 Å². The van der Waals surface area contributed by atoms with Crippen molar-refractivity contribution in [1.82, 2.24) is 4.98 Å². The molecule has 0 bridgehead atoms. The van der Waals surface area contributed by atoms with Crippen LogP contribution in [0.3, 0.4) is 0 Å². The van der Waals surface area contributed by atoms with E-state index >= 15 is 0 Å². The van der Waals surface area contributed by atoms with Crippen LogP contribution in [0.25, 0.3) is 0 Å². The second-order valence-electron chi connectivity index (χ2n) is 4.68. The van der Waals surface area contributed by atoms with Crippen LogP contribution in [0, 0.1) is 6.92 Å². The lowest BCUT2D eigenvalue weighted by molar-refractivity contribution is 0.752. The standard InChI is InChI=1S/C13H21N3S/c1-3-17-11-5-4-10(7-11)16-13-12(14)6-9(2)8-15-13/h6,8,10-11H,3-5,7,14H2,1-2H3,(H,15,16). The zero-order valence-electron chi connectivity index (χ0n) is 10.6. The van der Waals surface area contributed by atoms with Crippen LogP contribution in [-0.4, -0.2) is 22.0 Å². The summed E-state index contributed by atoms with van der Waals surface area (Å²) in [7, 11) is 0. The Hall–Kier alpha value is -0.900. The Morgan fingerprint density at radius 1 is 1.53 bits per heavy atom. The quantitative estimate of drug-likeness (QED) is 0.863. The number of nitrogen functional groups attached to an aromatic ring is 1. The Morgan fingerprint density at radius 3 is 3.06 bits per heavy atom. The average molecular weight is 251 g/mol. The second-order valence-corrected chi connectivity index (χ2v) is 6.26. The third-order valence-electron chi connectivity index (χ3n) is 3.18. The van der Waals surface area contributed by atoms with Crippen molar-refractivity contribution in [3.63, 3.8) is 0 Å². The highest BCUT2D eigenvalue weighted by Gasteiger charge is 2.24. The smallest absolute Gasteiger partial charge is 0.149 e. The SMILES string of the molecule is CCSC1CCC(Nc2ncc(C)cc2N)C1. The van der Waals surface area contributed by atoms with Crippen LogP contribution in [0.4, 0.5) is 11.5 Å². The van der Waals surface area contributed by atoms with E-state index in [0.29, 0.717) is 6.04 Å². The minimum Gasteiger partial charge on any atom is -0.396 e. The molecule has 4 heteroatoms. The van der Waals surface area contributed by atoms with E-state index in [4.69, 9.17) is 5.73 Å². The number of aromatic nitrogens is 1. The van der Waals surface area contributed by atoms with Gasteiger partial charge in [0.05, 0.1) is 5.69 Å². The van der Waals surface area contributed by atoms with Gasteiger partial charge >= 0.3 is 0 Å². The predicted octanol–water partition coefficient (Wildman–Crippen LogP) is 3.06. The monoisotopic (exact) mass is 251 g/mol. The summed E-state index contributed by atoms with van der Waals surface area (Å²) in [6.45, 7) is 4.24. The molecule has 0 saturated heterocycles. The van der Waals surface area contributed by atoms with Crippen molar-refractivity contribution in [3.8, 4) is 0 Å². The summed E-state index contributed by atoms with van der Waals surface area (Å²) in [5, 5.41) is 4.28. The van der Waals surface area contributed by atoms with Gasteiger partial charge in [-0.2, -0.15) is 11.8 Å². The first-order valence-electron chi connectivity index (χ1n) is 6.29. The maximum absolute atomic E-state index is 5.96. The lowest BCUT2D eigenvalue weighted by atomic mass is 10.2. The van der Waals surface area contributed by atoms with E-state index in [1.165, 1.54) is 25.0 Å². The lowest BCUT2D eigenvalue weighted by Crippen LogP contribution is -2.18. The molecule has 1 aromatic rings. The van der Waals surface area contributed by atoms with Crippen molar-refractivity contribution in [2.75, 3.05) is 16.8 Å². The van der Waals surface area contributed by atoms with Crippen LogP contribution >= 0.6 is 11.8 Å². The minimum absolute atomic E-state index is 0.538. The molecule has 1 aliphatic carbocycles. The van der Waals surface area contributed by atoms with Crippen LogP contribution in [0.2, 0.25) is 0 Å². The average Bonchev–Trinajstić information content (AvgIpc) is 2.71. The molecule has 0 aromatic carbocycles. The highest BCUT2D eigenvalue weighted by atomic mass is 32.2. The van der Waals surface area contributed by atoms with Crippen LogP contribution in [0.5, 0.6) is 0 Å². The summed E-state index contributed by atoms with van der Waals surface area (Å²) in [4.78, 5) is 4.37. The molecule has 2 atom stereocenters. The molecule has 2 rings (SSSR count). The predicted molar refractivity (Wildman–Crippen MR) is 76.6 cm³/mol. The number of nitrogens with two attached hydrogens (primary N) is 1. The van der Waals surface area contributed by atoms with E-state index in [2.05, 4.69) is 29.0 Å². The minimum atomic E-state index is 0.538. The largest absolute Gasteiger partial charge is 0.396 e. The number of hydrogen-bond donors (Lipinski definition) is 2. The lowest BCUT2D eigenvalue weighted by Gasteiger charge is -2.15. The first-order chi connectivity index (χ1) is 8.19. The van der Waals surface area contributed by atoms with E-state index in [1.54, 1.807) is 0 Å². The van der Waals surface area contributed by atoms with Crippen molar-refractivity contribution in [2.24, 2.45) is 0 Å². The fourth-order valence-electron chi connectivity index (χ4n) is 2.36. The van der Waals surface area contributed by atoms with Gasteiger partial charge in [-0.15, -0.1) is 0 Å². The van der Waals surface area contributed by atoms with Gasteiger partial charge in [0.1, 0.15) is 5.82 Å². The van der Waals surface area contributed by atoms with E-state index < -0.39 is 0 Å². The normalized spacial score (nSPS) is 23.9. The van der Waals surface area contributed by atoms with Gasteiger partial charge in [0.25, 0.3) is 0 Å². The van der Waals surface area contributed by atoms with Gasteiger partial charge in [-0.3, -0.25) is 0 Å². The molecule has 94 valence electrons. The van der Waals surface area contributed by atoms with Crippen molar-refractivity contribution in [2.45, 2.75) is 44.4 Å². The Kier molecular flexibility index (Phi) is 4.15. The summed E-state index contributed by atoms with van der Waals surface area (Å²) in [5.41, 5.74) is 7.83. The number of pyridine rings is 1. The molecule has 3 N–H and O–H groups in total. The summed E-state index contributed by atoms with van der Waals surface area (Å²) in [6.07, 6.45) is 5.63. The van der Waals surface area contributed by atoms with E-state index in [9.17, 15) is 0 Å². The number of nitrogens with zero attached hydrogens (tertiary/aromatic N) is 1. The van der Waals surface area contributed by atoms with Gasteiger partial charge in [-0.05, 0) is 43.6 Å². The van der Waals surface area contributed by atoms with Crippen molar-refractivity contribution < 1.29 is 0 Å². The molecule has 0 radical (unpaired) electrons. The van der Waals surface area contributed by atoms with Gasteiger partial charge in [0.15, 0.2) is 0 Å². The molecule has 1 saturated carbocycles. The molecular formula is C13H21N3S. The molecule has 0 aliphatic heterocycles. The Balaban J connectivity index is 1.93. The zero-order valence-corrected chi connectivity index (χ0v) is 11.4. The van der Waals surface area contributed by atoms with Crippen molar-refractivity contribution in [3.05, 3.63) is 17.8 Å². The third-order valence-corrected chi connectivity index (χ3v) is 4.41. The van der Waals surface area contributed by atoms with Gasteiger partial charge in [-0.1, -0.05) is 6.92 Å². The maximum atomic E-state index is 5.96. The number of rotatable bonds is 4. The number of nitrogens with one attached hydrogen (secondary N) is 1. The molecule has 1 aliphatic rings. The number of aryl methyl sites for hydroxylation is 1. The molecule has 0 amide bonds. The first kappa shape index (κ1) is 12.6. The van der Waals surface area contributed by atoms with Crippen LogP contribution in [0.1, 0.15) is 31.7 Å². The third kappa shape index (κ3) is 3.28. The molecule has 3 nitrogen and oxygen atoms in total. The van der Waals surface area contributed by atoms with Gasteiger partial charge in [-0.25, -0.2) is 4.98 Å².